The van der Waals surface area contributed by atoms with E-state index in [1.807, 2.05) is 36.6 Å². The van der Waals surface area contributed by atoms with Crippen molar-refractivity contribution in [2.45, 2.75) is 13.3 Å². The maximum atomic E-state index is 12.6. The number of thiazole rings is 1. The standard InChI is InChI=1S/C21H18ClN3O2S/c1-13-23-19(12-28-13)14-2-6-17(7-3-14)24-21(27)15-10-20(26)25(11-15)18-8-4-16(22)5-9-18/h2-9,12,15H,10-11H2,1H3,(H,24,27). The van der Waals surface area contributed by atoms with Crippen molar-refractivity contribution < 1.29 is 9.59 Å². The molecule has 3 aromatic rings. The predicted molar refractivity (Wildman–Crippen MR) is 113 cm³/mol. The molecule has 1 aliphatic heterocycles. The molecule has 2 heterocycles. The Morgan fingerprint density at radius 1 is 1.18 bits per heavy atom. The van der Waals surface area contributed by atoms with Crippen molar-refractivity contribution in [1.82, 2.24) is 4.98 Å². The van der Waals surface area contributed by atoms with Crippen LogP contribution in [-0.4, -0.2) is 23.3 Å². The molecule has 1 unspecified atom stereocenters. The van der Waals surface area contributed by atoms with Crippen molar-refractivity contribution in [2.24, 2.45) is 5.92 Å². The minimum Gasteiger partial charge on any atom is -0.326 e. The zero-order valence-electron chi connectivity index (χ0n) is 15.2. The van der Waals surface area contributed by atoms with E-state index in [0.29, 0.717) is 17.3 Å². The van der Waals surface area contributed by atoms with Crippen LogP contribution in [0.1, 0.15) is 11.4 Å². The number of aryl methyl sites for hydroxylation is 1. The van der Waals surface area contributed by atoms with Gasteiger partial charge in [-0.05, 0) is 43.3 Å². The third-order valence-electron chi connectivity index (χ3n) is 4.70. The number of aromatic nitrogens is 1. The van der Waals surface area contributed by atoms with Gasteiger partial charge in [0.05, 0.1) is 16.6 Å². The van der Waals surface area contributed by atoms with Crippen LogP contribution >= 0.6 is 22.9 Å². The molecule has 1 atom stereocenters. The van der Waals surface area contributed by atoms with E-state index in [1.54, 1.807) is 40.5 Å². The summed E-state index contributed by atoms with van der Waals surface area (Å²) in [5, 5.41) is 6.55. The molecule has 142 valence electrons. The van der Waals surface area contributed by atoms with Crippen molar-refractivity contribution in [1.29, 1.82) is 0 Å². The molecular weight excluding hydrogens is 394 g/mol. The molecule has 0 saturated carbocycles. The third-order valence-corrected chi connectivity index (χ3v) is 5.73. The quantitative estimate of drug-likeness (QED) is 0.673. The summed E-state index contributed by atoms with van der Waals surface area (Å²) in [6.45, 7) is 2.33. The van der Waals surface area contributed by atoms with Gasteiger partial charge < -0.3 is 10.2 Å². The highest BCUT2D eigenvalue weighted by Crippen LogP contribution is 2.28. The third kappa shape index (κ3) is 3.93. The Morgan fingerprint density at radius 2 is 1.89 bits per heavy atom. The molecule has 1 N–H and O–H groups in total. The highest BCUT2D eigenvalue weighted by Gasteiger charge is 2.35. The van der Waals surface area contributed by atoms with Crippen LogP contribution < -0.4 is 10.2 Å². The highest BCUT2D eigenvalue weighted by atomic mass is 35.5. The summed E-state index contributed by atoms with van der Waals surface area (Å²) in [6, 6.07) is 14.6. The summed E-state index contributed by atoms with van der Waals surface area (Å²) in [4.78, 5) is 31.1. The molecule has 2 aromatic carbocycles. The number of carbonyl (C=O) groups excluding carboxylic acids is 2. The molecule has 7 heteroatoms. The van der Waals surface area contributed by atoms with E-state index in [9.17, 15) is 9.59 Å². The van der Waals surface area contributed by atoms with E-state index >= 15 is 0 Å². The van der Waals surface area contributed by atoms with E-state index in [1.165, 1.54) is 0 Å². The van der Waals surface area contributed by atoms with Crippen LogP contribution in [-0.2, 0) is 9.59 Å². The van der Waals surface area contributed by atoms with Gasteiger partial charge in [0.25, 0.3) is 0 Å². The number of benzene rings is 2. The average Bonchev–Trinajstić information content (AvgIpc) is 3.29. The van der Waals surface area contributed by atoms with Gasteiger partial charge in [0.2, 0.25) is 11.8 Å². The topological polar surface area (TPSA) is 62.3 Å². The maximum Gasteiger partial charge on any atom is 0.229 e. The van der Waals surface area contributed by atoms with E-state index < -0.39 is 0 Å². The van der Waals surface area contributed by atoms with Crippen molar-refractivity contribution in [3.05, 3.63) is 63.9 Å². The first-order chi connectivity index (χ1) is 13.5. The van der Waals surface area contributed by atoms with Crippen LogP contribution in [0.4, 0.5) is 11.4 Å². The summed E-state index contributed by atoms with van der Waals surface area (Å²) in [6.07, 6.45) is 0.199. The molecule has 5 nitrogen and oxygen atoms in total. The number of hydrogen-bond acceptors (Lipinski definition) is 4. The second kappa shape index (κ2) is 7.73. The fraction of sp³-hybridized carbons (Fsp3) is 0.190. The zero-order valence-corrected chi connectivity index (χ0v) is 16.8. The molecule has 2 amide bonds. The fourth-order valence-corrected chi connectivity index (χ4v) is 3.97. The van der Waals surface area contributed by atoms with Crippen molar-refractivity contribution in [3.63, 3.8) is 0 Å². The number of carbonyl (C=O) groups is 2. The summed E-state index contributed by atoms with van der Waals surface area (Å²) in [5.74, 6) is -0.595. The van der Waals surface area contributed by atoms with E-state index in [0.717, 1.165) is 22.0 Å². The Labute approximate surface area is 172 Å². The largest absolute Gasteiger partial charge is 0.326 e. The van der Waals surface area contributed by atoms with Crippen LogP contribution in [0.15, 0.2) is 53.9 Å². The summed E-state index contributed by atoms with van der Waals surface area (Å²) >= 11 is 7.51. The van der Waals surface area contributed by atoms with Gasteiger partial charge in [-0.2, -0.15) is 0 Å². The van der Waals surface area contributed by atoms with Crippen molar-refractivity contribution in [2.75, 3.05) is 16.8 Å². The lowest BCUT2D eigenvalue weighted by molar-refractivity contribution is -0.122. The van der Waals surface area contributed by atoms with Gasteiger partial charge in [0.1, 0.15) is 0 Å². The first-order valence-electron chi connectivity index (χ1n) is 8.89. The summed E-state index contributed by atoms with van der Waals surface area (Å²) in [7, 11) is 0. The Hall–Kier alpha value is -2.70. The summed E-state index contributed by atoms with van der Waals surface area (Å²) in [5.41, 5.74) is 3.40. The molecule has 0 aliphatic carbocycles. The van der Waals surface area contributed by atoms with Gasteiger partial charge in [-0.25, -0.2) is 4.98 Å². The fourth-order valence-electron chi connectivity index (χ4n) is 3.22. The van der Waals surface area contributed by atoms with Gasteiger partial charge in [0, 0.05) is 40.3 Å². The molecule has 1 saturated heterocycles. The second-order valence-corrected chi connectivity index (χ2v) is 8.20. The maximum absolute atomic E-state index is 12.6. The Morgan fingerprint density at radius 3 is 2.54 bits per heavy atom. The van der Waals surface area contributed by atoms with Crippen LogP contribution in [0.5, 0.6) is 0 Å². The molecule has 1 aliphatic rings. The smallest absolute Gasteiger partial charge is 0.229 e. The van der Waals surface area contributed by atoms with E-state index in [-0.39, 0.29) is 24.2 Å². The number of rotatable bonds is 4. The van der Waals surface area contributed by atoms with E-state index in [4.69, 9.17) is 11.6 Å². The molecule has 0 radical (unpaired) electrons. The minimum atomic E-state index is -0.385. The highest BCUT2D eigenvalue weighted by molar-refractivity contribution is 7.09. The number of anilines is 2. The number of hydrogen-bond donors (Lipinski definition) is 1. The van der Waals surface area contributed by atoms with Crippen LogP contribution in [0.25, 0.3) is 11.3 Å². The number of halogens is 1. The van der Waals surface area contributed by atoms with Crippen molar-refractivity contribution >= 4 is 46.1 Å². The van der Waals surface area contributed by atoms with Crippen LogP contribution in [0.2, 0.25) is 5.02 Å². The minimum absolute atomic E-state index is 0.0586. The molecule has 28 heavy (non-hydrogen) atoms. The molecule has 0 bridgehead atoms. The first kappa shape index (κ1) is 18.7. The van der Waals surface area contributed by atoms with E-state index in [2.05, 4.69) is 10.3 Å². The van der Waals surface area contributed by atoms with Gasteiger partial charge in [-0.3, -0.25) is 9.59 Å². The molecule has 4 rings (SSSR count). The second-order valence-electron chi connectivity index (χ2n) is 6.70. The Balaban J connectivity index is 1.41. The lowest BCUT2D eigenvalue weighted by Crippen LogP contribution is -2.28. The number of nitrogens with one attached hydrogen (secondary N) is 1. The normalized spacial score (nSPS) is 16.4. The lowest BCUT2D eigenvalue weighted by atomic mass is 10.1. The van der Waals surface area contributed by atoms with Gasteiger partial charge in [-0.15, -0.1) is 11.3 Å². The first-order valence-corrected chi connectivity index (χ1v) is 10.1. The molecule has 0 spiro atoms. The SMILES string of the molecule is Cc1nc(-c2ccc(NC(=O)C3CC(=O)N(c4ccc(Cl)cc4)C3)cc2)cs1. The predicted octanol–water partition coefficient (Wildman–Crippen LogP) is 4.76. The van der Waals surface area contributed by atoms with Gasteiger partial charge in [0.15, 0.2) is 0 Å². The Kier molecular flexibility index (Phi) is 5.15. The lowest BCUT2D eigenvalue weighted by Gasteiger charge is -2.16. The van der Waals surface area contributed by atoms with Gasteiger partial charge >= 0.3 is 0 Å². The number of amides is 2. The average molecular weight is 412 g/mol. The monoisotopic (exact) mass is 411 g/mol. The van der Waals surface area contributed by atoms with Crippen LogP contribution in [0.3, 0.4) is 0 Å². The Bertz CT molecular complexity index is 1010. The van der Waals surface area contributed by atoms with Crippen LogP contribution in [0, 0.1) is 12.8 Å². The molecule has 1 aromatic heterocycles. The summed E-state index contributed by atoms with van der Waals surface area (Å²) < 4.78 is 0. The van der Waals surface area contributed by atoms with Gasteiger partial charge in [-0.1, -0.05) is 23.7 Å². The molecular formula is C21H18ClN3O2S. The molecule has 1 fully saturated rings. The van der Waals surface area contributed by atoms with Crippen molar-refractivity contribution in [3.8, 4) is 11.3 Å². The zero-order chi connectivity index (χ0) is 19.7. The number of nitrogens with zero attached hydrogens (tertiary/aromatic N) is 2.